The predicted octanol–water partition coefficient (Wildman–Crippen LogP) is 4.99. The molecule has 2 fully saturated rings. The van der Waals surface area contributed by atoms with E-state index >= 15 is 0 Å². The Morgan fingerprint density at radius 1 is 1.03 bits per heavy atom. The quantitative estimate of drug-likeness (QED) is 0.497. The molecule has 172 valence electrons. The average molecular weight is 448 g/mol. The fraction of sp³-hybridized carbons (Fsp3) is 0.478. The molecule has 2 aliphatic rings. The number of hydrogen-bond donors (Lipinski definition) is 2. The number of hydrogen-bond acceptors (Lipinski definition) is 6. The number of nitrogens with two attached hydrogens (primary N) is 1. The minimum absolute atomic E-state index is 0.0564. The van der Waals surface area contributed by atoms with Gasteiger partial charge in [-0.1, -0.05) is 18.2 Å². The highest BCUT2D eigenvalue weighted by Gasteiger charge is 2.39. The van der Waals surface area contributed by atoms with E-state index in [0.717, 1.165) is 39.0 Å². The molecule has 2 saturated heterocycles. The molecule has 2 aliphatic heterocycles. The minimum atomic E-state index is -4.76. The maximum Gasteiger partial charge on any atom is 0.418 e. The number of anilines is 2. The van der Waals surface area contributed by atoms with Crippen molar-refractivity contribution >= 4 is 17.1 Å². The fourth-order valence-corrected chi connectivity index (χ4v) is 4.78. The van der Waals surface area contributed by atoms with Crippen molar-refractivity contribution in [2.75, 3.05) is 36.8 Å². The second kappa shape index (κ2) is 9.07. The first-order valence-electron chi connectivity index (χ1n) is 10.9. The first-order valence-corrected chi connectivity index (χ1v) is 10.9. The van der Waals surface area contributed by atoms with Gasteiger partial charge in [-0.25, -0.2) is 0 Å². The van der Waals surface area contributed by atoms with Crippen LogP contribution >= 0.6 is 0 Å². The van der Waals surface area contributed by atoms with E-state index in [9.17, 15) is 23.2 Å². The maximum atomic E-state index is 13.0. The van der Waals surface area contributed by atoms with E-state index in [-0.39, 0.29) is 16.9 Å². The second-order valence-corrected chi connectivity index (χ2v) is 8.55. The van der Waals surface area contributed by atoms with Crippen molar-refractivity contribution in [3.05, 3.63) is 46.9 Å². The molecule has 0 radical (unpaired) electrons. The lowest BCUT2D eigenvalue weighted by Crippen LogP contribution is -2.44. The van der Waals surface area contributed by atoms with Crippen molar-refractivity contribution in [3.8, 4) is 11.1 Å². The monoisotopic (exact) mass is 448 g/mol. The van der Waals surface area contributed by atoms with Crippen LogP contribution in [-0.4, -0.2) is 48.4 Å². The number of aliphatic hydroxyl groups is 1. The van der Waals surface area contributed by atoms with E-state index in [1.54, 1.807) is 12.1 Å². The number of alkyl halides is 3. The van der Waals surface area contributed by atoms with Crippen molar-refractivity contribution < 1.29 is 18.3 Å². The van der Waals surface area contributed by atoms with Crippen LogP contribution in [0, 0.1) is 4.91 Å². The molecule has 0 aliphatic carbocycles. The Hall–Kier alpha value is -2.65. The number of halogens is 3. The summed E-state index contributed by atoms with van der Waals surface area (Å²) in [6.45, 7) is 3.84. The summed E-state index contributed by atoms with van der Waals surface area (Å²) in [5.41, 5.74) is 7.94. The lowest BCUT2D eigenvalue weighted by molar-refractivity contribution is -0.206. The van der Waals surface area contributed by atoms with Gasteiger partial charge in [0.1, 0.15) is 5.69 Å². The molecule has 3 N–H and O–H groups in total. The first kappa shape index (κ1) is 22.5. The third-order valence-electron chi connectivity index (χ3n) is 6.54. The van der Waals surface area contributed by atoms with Crippen LogP contribution in [-0.2, 0) is 0 Å². The Balaban J connectivity index is 1.62. The molecule has 0 spiro atoms. The van der Waals surface area contributed by atoms with Crippen LogP contribution in [0.2, 0.25) is 0 Å². The van der Waals surface area contributed by atoms with Crippen molar-refractivity contribution in [3.63, 3.8) is 0 Å². The molecule has 4 rings (SSSR count). The van der Waals surface area contributed by atoms with Gasteiger partial charge >= 0.3 is 6.18 Å². The second-order valence-electron chi connectivity index (χ2n) is 8.55. The van der Waals surface area contributed by atoms with Crippen molar-refractivity contribution in [1.82, 2.24) is 4.90 Å². The summed E-state index contributed by atoms with van der Waals surface area (Å²) in [5.74, 6) is 0. The Morgan fingerprint density at radius 2 is 1.72 bits per heavy atom. The Labute approximate surface area is 184 Å². The largest absolute Gasteiger partial charge is 0.418 e. The minimum Gasteiger partial charge on any atom is -0.395 e. The predicted molar refractivity (Wildman–Crippen MR) is 119 cm³/mol. The zero-order valence-electron chi connectivity index (χ0n) is 17.7. The third-order valence-corrected chi connectivity index (χ3v) is 6.54. The number of benzene rings is 2. The van der Waals surface area contributed by atoms with Gasteiger partial charge in [-0.2, -0.15) is 13.2 Å². The van der Waals surface area contributed by atoms with E-state index in [4.69, 9.17) is 5.73 Å². The van der Waals surface area contributed by atoms with Crippen LogP contribution in [0.15, 0.2) is 41.6 Å². The molecule has 6 nitrogen and oxygen atoms in total. The molecule has 0 amide bonds. The van der Waals surface area contributed by atoms with E-state index in [1.165, 1.54) is 37.1 Å². The van der Waals surface area contributed by atoms with E-state index in [1.807, 2.05) is 0 Å². The van der Waals surface area contributed by atoms with E-state index in [2.05, 4.69) is 15.0 Å². The number of piperidine rings is 1. The Kier molecular flexibility index (Phi) is 6.39. The van der Waals surface area contributed by atoms with Crippen LogP contribution in [0.1, 0.15) is 37.4 Å². The molecule has 2 aromatic rings. The molecule has 1 atom stereocenters. The maximum absolute atomic E-state index is 13.0. The van der Waals surface area contributed by atoms with E-state index < -0.39 is 12.3 Å². The fourth-order valence-electron chi connectivity index (χ4n) is 4.78. The molecule has 2 heterocycles. The Bertz CT molecular complexity index is 968. The van der Waals surface area contributed by atoms with Crippen LogP contribution in [0.25, 0.3) is 11.1 Å². The van der Waals surface area contributed by atoms with E-state index in [0.29, 0.717) is 22.9 Å². The van der Waals surface area contributed by atoms with Gasteiger partial charge in [-0.15, -0.1) is 4.91 Å². The molecule has 9 heteroatoms. The number of nitroso groups, excluding NO2 is 1. The van der Waals surface area contributed by atoms with Gasteiger partial charge in [0.05, 0.1) is 11.4 Å². The summed E-state index contributed by atoms with van der Waals surface area (Å²) in [5, 5.41) is 12.7. The highest BCUT2D eigenvalue weighted by atomic mass is 19.4. The lowest BCUT2D eigenvalue weighted by atomic mass is 9.97. The summed E-state index contributed by atoms with van der Waals surface area (Å²) < 4.78 is 38.9. The van der Waals surface area contributed by atoms with Gasteiger partial charge in [-0.05, 0) is 78.8 Å². The number of rotatable bonds is 5. The molecule has 0 bridgehead atoms. The molecule has 32 heavy (non-hydrogen) atoms. The van der Waals surface area contributed by atoms with Crippen molar-refractivity contribution in [1.29, 1.82) is 0 Å². The molecular formula is C23H27F3N4O2. The van der Waals surface area contributed by atoms with Gasteiger partial charge < -0.3 is 20.6 Å². The Morgan fingerprint density at radius 3 is 2.34 bits per heavy atom. The summed E-state index contributed by atoms with van der Waals surface area (Å²) in [7, 11) is 0. The summed E-state index contributed by atoms with van der Waals surface area (Å²) in [6.07, 6.45) is -2.89. The number of aliphatic hydroxyl groups excluding tert-OH is 1. The normalized spacial score (nSPS) is 19.3. The summed E-state index contributed by atoms with van der Waals surface area (Å²) in [6, 6.07) is 9.40. The highest BCUT2D eigenvalue weighted by molar-refractivity contribution is 5.86. The van der Waals surface area contributed by atoms with Gasteiger partial charge in [0.2, 0.25) is 0 Å². The van der Waals surface area contributed by atoms with Crippen LogP contribution in [0.4, 0.5) is 30.2 Å². The summed E-state index contributed by atoms with van der Waals surface area (Å²) >= 11 is 0. The van der Waals surface area contributed by atoms with Gasteiger partial charge in [0, 0.05) is 19.1 Å². The molecule has 2 aromatic carbocycles. The third kappa shape index (κ3) is 4.59. The zero-order chi connectivity index (χ0) is 22.9. The molecule has 1 unspecified atom stereocenters. The number of likely N-dealkylation sites (tertiary alicyclic amines) is 1. The zero-order valence-corrected chi connectivity index (χ0v) is 17.7. The SMILES string of the molecule is Nc1c(N=O)cc(-c2cccc(C(O)C(F)(F)F)c2)cc1N1CCC(N2CCCC2)CC1. The van der Waals surface area contributed by atoms with Crippen molar-refractivity contribution in [2.45, 2.75) is 44.0 Å². The summed E-state index contributed by atoms with van der Waals surface area (Å²) in [4.78, 5) is 16.1. The molecular weight excluding hydrogens is 421 g/mol. The van der Waals surface area contributed by atoms with Crippen LogP contribution in [0.5, 0.6) is 0 Å². The van der Waals surface area contributed by atoms with Crippen molar-refractivity contribution in [2.24, 2.45) is 5.18 Å². The molecule has 0 saturated carbocycles. The highest BCUT2D eigenvalue weighted by Crippen LogP contribution is 2.40. The lowest BCUT2D eigenvalue weighted by Gasteiger charge is -2.38. The number of nitrogen functional groups attached to an aromatic ring is 1. The molecule has 0 aromatic heterocycles. The average Bonchev–Trinajstić information content (AvgIpc) is 3.33. The first-order chi connectivity index (χ1) is 15.3. The van der Waals surface area contributed by atoms with Crippen LogP contribution in [0.3, 0.4) is 0 Å². The smallest absolute Gasteiger partial charge is 0.395 e. The topological polar surface area (TPSA) is 82.2 Å². The standard InChI is InChI=1S/C23H27F3N4O2/c24-23(25,26)22(31)16-5-3-4-15(12-16)17-13-19(28-32)21(27)20(14-17)30-10-6-18(7-11-30)29-8-1-2-9-29/h3-5,12-14,18,22,31H,1-2,6-11,27H2. The van der Waals surface area contributed by atoms with Gasteiger partial charge in [0.15, 0.2) is 6.10 Å². The number of nitrogens with zero attached hydrogens (tertiary/aromatic N) is 3. The van der Waals surface area contributed by atoms with Gasteiger partial charge in [0.25, 0.3) is 0 Å². The van der Waals surface area contributed by atoms with Gasteiger partial charge in [-0.3, -0.25) is 0 Å². The van der Waals surface area contributed by atoms with Crippen LogP contribution < -0.4 is 10.6 Å².